The fourth-order valence-electron chi connectivity index (χ4n) is 7.44. The average Bonchev–Trinajstić information content (AvgIpc) is 2.83. The number of allylic oxidation sites excluding steroid dienone is 1. The molecule has 0 unspecified atom stereocenters. The van der Waals surface area contributed by atoms with Crippen molar-refractivity contribution < 1.29 is 29.3 Å². The first kappa shape index (κ1) is 19.1. The van der Waals surface area contributed by atoms with E-state index in [1.165, 1.54) is 0 Å². The molecule has 3 fully saturated rings. The molecule has 0 saturated heterocycles. The van der Waals surface area contributed by atoms with Gasteiger partial charge in [-0.05, 0) is 61.3 Å². The van der Waals surface area contributed by atoms with E-state index in [1.807, 2.05) is 0 Å². The maximum atomic E-state index is 13.7. The Hall–Kier alpha value is -1.27. The molecule has 0 aliphatic heterocycles. The summed E-state index contributed by atoms with van der Waals surface area (Å²) >= 11 is 0. The molecule has 0 heterocycles. The van der Waals surface area contributed by atoms with Crippen molar-refractivity contribution in [2.75, 3.05) is 6.67 Å². The lowest BCUT2D eigenvalue weighted by molar-refractivity contribution is -0.201. The van der Waals surface area contributed by atoms with Gasteiger partial charge in [-0.15, -0.1) is 0 Å². The van der Waals surface area contributed by atoms with E-state index < -0.39 is 35.7 Å². The van der Waals surface area contributed by atoms with Crippen molar-refractivity contribution in [3.8, 4) is 0 Å². The summed E-state index contributed by atoms with van der Waals surface area (Å²) in [5.74, 6) is -2.41. The van der Waals surface area contributed by atoms with E-state index in [4.69, 9.17) is 0 Å². The predicted molar refractivity (Wildman–Crippen MR) is 95.5 cm³/mol. The quantitative estimate of drug-likeness (QED) is 0.684. The summed E-state index contributed by atoms with van der Waals surface area (Å²) in [6, 6.07) is 0. The first-order valence-electron chi connectivity index (χ1n) is 10.0. The van der Waals surface area contributed by atoms with Gasteiger partial charge >= 0.3 is 5.97 Å². The van der Waals surface area contributed by atoms with E-state index in [-0.39, 0.29) is 35.4 Å². The maximum absolute atomic E-state index is 13.7. The number of alkyl halides is 1. The van der Waals surface area contributed by atoms with Gasteiger partial charge in [0, 0.05) is 17.8 Å². The molecular formula is C21H29FO5. The second-order valence-electron chi connectivity index (χ2n) is 9.74. The van der Waals surface area contributed by atoms with Crippen molar-refractivity contribution in [2.24, 2.45) is 34.5 Å². The lowest BCUT2D eigenvalue weighted by Crippen LogP contribution is -2.62. The summed E-state index contributed by atoms with van der Waals surface area (Å²) in [5, 5.41) is 32.0. The zero-order valence-electron chi connectivity index (χ0n) is 15.9. The van der Waals surface area contributed by atoms with Crippen molar-refractivity contribution in [3.63, 3.8) is 0 Å². The number of carboxylic acid groups (broad SMARTS) is 1. The normalized spacial score (nSPS) is 51.8. The Bertz CT molecular complexity index is 719. The van der Waals surface area contributed by atoms with Crippen molar-refractivity contribution in [2.45, 2.75) is 64.1 Å². The molecule has 0 radical (unpaired) electrons. The third-order valence-electron chi connectivity index (χ3n) is 8.80. The molecule has 27 heavy (non-hydrogen) atoms. The SMILES string of the molecule is C[C@]12CCC(=O)C=C1CC[C@@H]1[C@@H]2[C@@H](O)C[C@@]2(C)[C@H]1C[C@@H](CF)[C@]2(O)C(=O)O. The fourth-order valence-corrected chi connectivity index (χ4v) is 7.44. The molecule has 0 aromatic carbocycles. The number of hydrogen-bond donors (Lipinski definition) is 3. The Kier molecular flexibility index (Phi) is 4.14. The maximum Gasteiger partial charge on any atom is 0.336 e. The number of aliphatic hydroxyl groups is 2. The van der Waals surface area contributed by atoms with Crippen molar-refractivity contribution in [1.82, 2.24) is 0 Å². The van der Waals surface area contributed by atoms with Crippen LogP contribution < -0.4 is 0 Å². The number of carbonyl (C=O) groups excluding carboxylic acids is 1. The molecule has 5 nitrogen and oxygen atoms in total. The number of rotatable bonds is 2. The van der Waals surface area contributed by atoms with Crippen LogP contribution in [-0.4, -0.2) is 45.5 Å². The molecule has 3 N–H and O–H groups in total. The molecule has 8 atom stereocenters. The van der Waals surface area contributed by atoms with Gasteiger partial charge in [0.15, 0.2) is 11.4 Å². The van der Waals surface area contributed by atoms with Gasteiger partial charge in [0.1, 0.15) is 0 Å². The Morgan fingerprint density at radius 3 is 2.67 bits per heavy atom. The van der Waals surface area contributed by atoms with Crippen LogP contribution in [-0.2, 0) is 9.59 Å². The number of aliphatic carboxylic acids is 1. The van der Waals surface area contributed by atoms with Gasteiger partial charge in [-0.25, -0.2) is 4.79 Å². The molecule has 6 heteroatoms. The number of halogens is 1. The molecule has 4 aliphatic carbocycles. The highest BCUT2D eigenvalue weighted by atomic mass is 19.1. The minimum Gasteiger partial charge on any atom is -0.479 e. The monoisotopic (exact) mass is 380 g/mol. The Morgan fingerprint density at radius 2 is 2.04 bits per heavy atom. The number of ketones is 1. The van der Waals surface area contributed by atoms with E-state index in [1.54, 1.807) is 13.0 Å². The van der Waals surface area contributed by atoms with Crippen LogP contribution in [0.15, 0.2) is 11.6 Å². The second-order valence-corrected chi connectivity index (χ2v) is 9.74. The number of aliphatic hydroxyl groups excluding tert-OH is 1. The molecule has 0 bridgehead atoms. The number of hydrogen-bond acceptors (Lipinski definition) is 4. The molecule has 0 amide bonds. The summed E-state index contributed by atoms with van der Waals surface area (Å²) in [6.07, 6.45) is 4.08. The summed E-state index contributed by atoms with van der Waals surface area (Å²) in [6.45, 7) is 2.96. The van der Waals surface area contributed by atoms with E-state index in [0.29, 0.717) is 19.3 Å². The standard InChI is InChI=1S/C21H29FO5/c1-19-6-5-13(23)7-11(19)3-4-14-15-8-12(10-22)21(27,18(25)26)20(15,2)9-16(24)17(14)19/h7,12,14-17,24,27H,3-6,8-10H2,1-2H3,(H,25,26)/t12-,14-,15-,16-,17+,19-,20-,21-/m0/s1. The Labute approximate surface area is 158 Å². The van der Waals surface area contributed by atoms with Crippen LogP contribution in [0.2, 0.25) is 0 Å². The molecular weight excluding hydrogens is 351 g/mol. The van der Waals surface area contributed by atoms with Crippen LogP contribution >= 0.6 is 0 Å². The Morgan fingerprint density at radius 1 is 1.33 bits per heavy atom. The van der Waals surface area contributed by atoms with Gasteiger partial charge in [0.2, 0.25) is 0 Å². The van der Waals surface area contributed by atoms with Gasteiger partial charge in [0.05, 0.1) is 12.8 Å². The molecule has 4 rings (SSSR count). The molecule has 150 valence electrons. The van der Waals surface area contributed by atoms with E-state index in [0.717, 1.165) is 18.4 Å². The first-order valence-corrected chi connectivity index (χ1v) is 10.0. The van der Waals surface area contributed by atoms with Crippen molar-refractivity contribution in [1.29, 1.82) is 0 Å². The van der Waals surface area contributed by atoms with Gasteiger partial charge in [-0.3, -0.25) is 9.18 Å². The average molecular weight is 380 g/mol. The third kappa shape index (κ3) is 2.23. The van der Waals surface area contributed by atoms with E-state index >= 15 is 0 Å². The predicted octanol–water partition coefficient (Wildman–Crippen LogP) is 2.50. The van der Waals surface area contributed by atoms with Gasteiger partial charge in [0.25, 0.3) is 0 Å². The highest BCUT2D eigenvalue weighted by Gasteiger charge is 2.72. The summed E-state index contributed by atoms with van der Waals surface area (Å²) in [7, 11) is 0. The van der Waals surface area contributed by atoms with E-state index in [9.17, 15) is 29.3 Å². The summed E-state index contributed by atoms with van der Waals surface area (Å²) in [5.41, 5.74) is -2.40. The Balaban J connectivity index is 1.78. The molecule has 4 aliphatic rings. The van der Waals surface area contributed by atoms with Gasteiger partial charge < -0.3 is 15.3 Å². The van der Waals surface area contributed by atoms with Crippen molar-refractivity contribution in [3.05, 3.63) is 11.6 Å². The van der Waals surface area contributed by atoms with Crippen molar-refractivity contribution >= 4 is 11.8 Å². The van der Waals surface area contributed by atoms with Crippen LogP contribution in [0.4, 0.5) is 4.39 Å². The number of carboxylic acids is 1. The van der Waals surface area contributed by atoms with Gasteiger partial charge in [-0.2, -0.15) is 0 Å². The van der Waals surface area contributed by atoms with Crippen LogP contribution in [0, 0.1) is 34.5 Å². The zero-order chi connectivity index (χ0) is 19.8. The first-order chi connectivity index (χ1) is 12.6. The minimum atomic E-state index is -2.15. The molecule has 0 aromatic rings. The molecule has 0 aromatic heterocycles. The van der Waals surface area contributed by atoms with Crippen LogP contribution in [0.1, 0.15) is 52.4 Å². The van der Waals surface area contributed by atoms with Crippen LogP contribution in [0.25, 0.3) is 0 Å². The lowest BCUT2D eigenvalue weighted by atomic mass is 9.45. The largest absolute Gasteiger partial charge is 0.479 e. The fraction of sp³-hybridized carbons (Fsp3) is 0.810. The zero-order valence-corrected chi connectivity index (χ0v) is 15.9. The van der Waals surface area contributed by atoms with Crippen LogP contribution in [0.5, 0.6) is 0 Å². The van der Waals surface area contributed by atoms with Gasteiger partial charge in [-0.1, -0.05) is 19.4 Å². The summed E-state index contributed by atoms with van der Waals surface area (Å²) in [4.78, 5) is 23.9. The lowest BCUT2D eigenvalue weighted by Gasteiger charge is -2.60. The highest BCUT2D eigenvalue weighted by molar-refractivity contribution is 5.91. The van der Waals surface area contributed by atoms with E-state index in [2.05, 4.69) is 6.92 Å². The number of carbonyl (C=O) groups is 2. The number of fused-ring (bicyclic) bond motifs is 5. The second kappa shape index (κ2) is 5.86. The molecule has 3 saturated carbocycles. The molecule has 0 spiro atoms. The summed E-state index contributed by atoms with van der Waals surface area (Å²) < 4.78 is 13.7. The minimum absolute atomic E-state index is 0.0246. The highest BCUT2D eigenvalue weighted by Crippen LogP contribution is 2.68. The third-order valence-corrected chi connectivity index (χ3v) is 8.80. The topological polar surface area (TPSA) is 94.8 Å². The van der Waals surface area contributed by atoms with Crippen LogP contribution in [0.3, 0.4) is 0 Å². The smallest absolute Gasteiger partial charge is 0.336 e.